The summed E-state index contributed by atoms with van der Waals surface area (Å²) in [4.78, 5) is 10.8. The van der Waals surface area contributed by atoms with Crippen molar-refractivity contribution in [3.8, 4) is 5.75 Å². The van der Waals surface area contributed by atoms with Crippen LogP contribution in [-0.4, -0.2) is 52.3 Å². The van der Waals surface area contributed by atoms with E-state index in [0.717, 1.165) is 19.3 Å². The maximum absolute atomic E-state index is 10.8. The minimum Gasteiger partial charge on any atom is -0.491 e. The fourth-order valence-electron chi connectivity index (χ4n) is 4.31. The Labute approximate surface area is 165 Å². The Kier molecular flexibility index (Phi) is 7.48. The normalized spacial score (nSPS) is 31.3. The molecular weight excluding hydrogens is 360 g/mol. The number of benzene rings is 1. The van der Waals surface area contributed by atoms with Crippen LogP contribution >= 0.6 is 0 Å². The highest BCUT2D eigenvalue weighted by molar-refractivity contribution is 5.66. The van der Waals surface area contributed by atoms with Gasteiger partial charge in [0.2, 0.25) is 0 Å². The van der Waals surface area contributed by atoms with E-state index < -0.39 is 18.2 Å². The quantitative estimate of drug-likeness (QED) is 0.591. The summed E-state index contributed by atoms with van der Waals surface area (Å²) in [6.45, 7) is 0.158. The molecule has 6 atom stereocenters. The topological polar surface area (TPSA) is 96.2 Å². The van der Waals surface area contributed by atoms with Crippen LogP contribution in [0.25, 0.3) is 0 Å². The zero-order chi connectivity index (χ0) is 19.9. The highest BCUT2D eigenvalue weighted by Gasteiger charge is 2.43. The van der Waals surface area contributed by atoms with Crippen molar-refractivity contribution in [2.45, 2.75) is 62.9 Å². The molecule has 0 aromatic heterocycles. The largest absolute Gasteiger partial charge is 0.491 e. The SMILES string of the molecule is O=C(O)CC[C@H]1CCC[C@@H]2[C@@H](C=C[C@@H](O)COc3ccccc3)[C@H](O)C[C@@H]2O1. The van der Waals surface area contributed by atoms with E-state index in [4.69, 9.17) is 14.6 Å². The molecule has 2 aliphatic rings. The van der Waals surface area contributed by atoms with Gasteiger partial charge >= 0.3 is 5.97 Å². The number of carbonyl (C=O) groups is 1. The molecule has 154 valence electrons. The molecule has 1 aliphatic carbocycles. The van der Waals surface area contributed by atoms with Crippen molar-refractivity contribution in [3.63, 3.8) is 0 Å². The Balaban J connectivity index is 1.52. The Bertz CT molecular complexity index is 646. The summed E-state index contributed by atoms with van der Waals surface area (Å²) in [7, 11) is 0. The molecule has 1 aliphatic heterocycles. The maximum Gasteiger partial charge on any atom is 0.303 e. The smallest absolute Gasteiger partial charge is 0.303 e. The summed E-state index contributed by atoms with van der Waals surface area (Å²) in [6, 6.07) is 9.34. The number of aliphatic hydroxyl groups excluding tert-OH is 2. The molecule has 1 saturated heterocycles. The molecule has 1 saturated carbocycles. The van der Waals surface area contributed by atoms with Gasteiger partial charge in [0, 0.05) is 18.8 Å². The number of carboxylic acid groups (broad SMARTS) is 1. The first-order valence-corrected chi connectivity index (χ1v) is 10.1. The fourth-order valence-corrected chi connectivity index (χ4v) is 4.31. The van der Waals surface area contributed by atoms with Gasteiger partial charge in [-0.2, -0.15) is 0 Å². The average molecular weight is 390 g/mol. The lowest BCUT2D eigenvalue weighted by Gasteiger charge is -2.23. The van der Waals surface area contributed by atoms with Gasteiger partial charge in [0.25, 0.3) is 0 Å². The van der Waals surface area contributed by atoms with Crippen LogP contribution in [0.2, 0.25) is 0 Å². The molecule has 28 heavy (non-hydrogen) atoms. The maximum atomic E-state index is 10.8. The van der Waals surface area contributed by atoms with Gasteiger partial charge in [0.15, 0.2) is 0 Å². The van der Waals surface area contributed by atoms with Crippen LogP contribution in [0.15, 0.2) is 42.5 Å². The zero-order valence-corrected chi connectivity index (χ0v) is 16.0. The summed E-state index contributed by atoms with van der Waals surface area (Å²) in [5.41, 5.74) is 0. The molecule has 2 fully saturated rings. The van der Waals surface area contributed by atoms with Gasteiger partial charge in [-0.1, -0.05) is 36.8 Å². The molecule has 0 unspecified atom stereocenters. The van der Waals surface area contributed by atoms with Gasteiger partial charge in [-0.3, -0.25) is 4.79 Å². The third kappa shape index (κ3) is 5.80. The van der Waals surface area contributed by atoms with Gasteiger partial charge in [0.1, 0.15) is 18.5 Å². The predicted octanol–water partition coefficient (Wildman–Crippen LogP) is 2.78. The van der Waals surface area contributed by atoms with Gasteiger partial charge in [-0.25, -0.2) is 0 Å². The van der Waals surface area contributed by atoms with Crippen LogP contribution in [0, 0.1) is 11.8 Å². The van der Waals surface area contributed by atoms with Crippen molar-refractivity contribution < 1.29 is 29.6 Å². The molecule has 0 amide bonds. The minimum atomic E-state index is -0.802. The number of hydrogen-bond donors (Lipinski definition) is 3. The van der Waals surface area contributed by atoms with Crippen LogP contribution in [0.5, 0.6) is 5.75 Å². The first kappa shape index (κ1) is 20.8. The number of carboxylic acids is 1. The lowest BCUT2D eigenvalue weighted by Crippen LogP contribution is -2.25. The summed E-state index contributed by atoms with van der Waals surface area (Å²) in [5, 5.41) is 29.6. The van der Waals surface area contributed by atoms with E-state index in [1.165, 1.54) is 0 Å². The minimum absolute atomic E-state index is 0.0501. The third-order valence-corrected chi connectivity index (χ3v) is 5.72. The van der Waals surface area contributed by atoms with Crippen molar-refractivity contribution >= 4 is 5.97 Å². The van der Waals surface area contributed by atoms with Crippen molar-refractivity contribution in [1.82, 2.24) is 0 Å². The highest BCUT2D eigenvalue weighted by Crippen LogP contribution is 2.42. The van der Waals surface area contributed by atoms with Crippen molar-refractivity contribution in [2.75, 3.05) is 6.61 Å². The number of rotatable bonds is 8. The molecule has 0 bridgehead atoms. The van der Waals surface area contributed by atoms with Crippen molar-refractivity contribution in [3.05, 3.63) is 42.5 Å². The van der Waals surface area contributed by atoms with E-state index >= 15 is 0 Å². The molecular formula is C22H30O6. The first-order valence-electron chi connectivity index (χ1n) is 10.1. The van der Waals surface area contributed by atoms with E-state index in [0.29, 0.717) is 18.6 Å². The van der Waals surface area contributed by atoms with Crippen molar-refractivity contribution in [1.29, 1.82) is 0 Å². The van der Waals surface area contributed by atoms with E-state index in [1.807, 2.05) is 36.4 Å². The number of ether oxygens (including phenoxy) is 2. The molecule has 1 aromatic carbocycles. The third-order valence-electron chi connectivity index (χ3n) is 5.72. The fraction of sp³-hybridized carbons (Fsp3) is 0.591. The summed E-state index contributed by atoms with van der Waals surface area (Å²) < 4.78 is 11.7. The van der Waals surface area contributed by atoms with Crippen LogP contribution < -0.4 is 4.74 Å². The lowest BCUT2D eigenvalue weighted by molar-refractivity contribution is -0.138. The zero-order valence-electron chi connectivity index (χ0n) is 16.0. The number of aliphatic hydroxyl groups is 2. The number of fused-ring (bicyclic) bond motifs is 1. The van der Waals surface area contributed by atoms with E-state index in [9.17, 15) is 15.0 Å². The van der Waals surface area contributed by atoms with Crippen LogP contribution in [-0.2, 0) is 9.53 Å². The van der Waals surface area contributed by atoms with Crippen LogP contribution in [0.1, 0.15) is 38.5 Å². The van der Waals surface area contributed by atoms with Crippen LogP contribution in [0.4, 0.5) is 0 Å². The molecule has 1 aromatic rings. The van der Waals surface area contributed by atoms with E-state index in [1.54, 1.807) is 6.08 Å². The van der Waals surface area contributed by atoms with E-state index in [-0.39, 0.29) is 37.1 Å². The predicted molar refractivity (Wildman–Crippen MR) is 104 cm³/mol. The molecule has 0 spiro atoms. The molecule has 3 rings (SSSR count). The summed E-state index contributed by atoms with van der Waals surface area (Å²) >= 11 is 0. The summed E-state index contributed by atoms with van der Waals surface area (Å²) in [6.07, 6.45) is 6.19. The second-order valence-corrected chi connectivity index (χ2v) is 7.78. The average Bonchev–Trinajstić information content (AvgIpc) is 2.84. The van der Waals surface area contributed by atoms with Gasteiger partial charge in [0.05, 0.1) is 18.3 Å². The Morgan fingerprint density at radius 2 is 2.07 bits per heavy atom. The highest BCUT2D eigenvalue weighted by atomic mass is 16.5. The Morgan fingerprint density at radius 3 is 2.82 bits per heavy atom. The lowest BCUT2D eigenvalue weighted by atomic mass is 9.88. The molecule has 6 heteroatoms. The Hall–Kier alpha value is -1.89. The molecule has 1 heterocycles. The molecule has 6 nitrogen and oxygen atoms in total. The summed E-state index contributed by atoms with van der Waals surface area (Å²) in [5.74, 6) is 0.0433. The van der Waals surface area contributed by atoms with Crippen LogP contribution in [0.3, 0.4) is 0 Å². The standard InChI is InChI=1S/C22H30O6/c23-15(14-27-16-5-2-1-3-6-16)9-11-18-19-8-4-7-17(10-12-22(25)26)28-21(19)13-20(18)24/h1-3,5-6,9,11,15,17-21,23-24H,4,7-8,10,12-14H2,(H,25,26)/t15-,17-,18-,19-,20-,21+/m1/s1. The van der Waals surface area contributed by atoms with Gasteiger partial charge in [-0.15, -0.1) is 0 Å². The van der Waals surface area contributed by atoms with Gasteiger partial charge < -0.3 is 24.8 Å². The first-order chi connectivity index (χ1) is 13.5. The van der Waals surface area contributed by atoms with Crippen molar-refractivity contribution in [2.24, 2.45) is 11.8 Å². The molecule has 3 N–H and O–H groups in total. The second kappa shape index (κ2) is 10.0. The number of para-hydroxylation sites is 1. The van der Waals surface area contributed by atoms with E-state index in [2.05, 4.69) is 0 Å². The monoisotopic (exact) mass is 390 g/mol. The molecule has 0 radical (unpaired) electrons. The second-order valence-electron chi connectivity index (χ2n) is 7.78. The number of hydrogen-bond acceptors (Lipinski definition) is 5. The van der Waals surface area contributed by atoms with Gasteiger partial charge in [-0.05, 0) is 37.3 Å². The Morgan fingerprint density at radius 1 is 1.29 bits per heavy atom. The number of aliphatic carboxylic acids is 1.